The minimum Gasteiger partial charge on any atom is -0.258 e. The molecule has 0 aliphatic rings. The molecule has 0 amide bonds. The van der Waals surface area contributed by atoms with Crippen LogP contribution in [0, 0.1) is 23.0 Å². The van der Waals surface area contributed by atoms with Gasteiger partial charge in [0.05, 0.1) is 4.92 Å². The Balaban J connectivity index is 2.72. The molecule has 16 heavy (non-hydrogen) atoms. The first-order chi connectivity index (χ1) is 7.54. The van der Waals surface area contributed by atoms with Crippen molar-refractivity contribution in [1.29, 1.82) is 0 Å². The lowest BCUT2D eigenvalue weighted by atomic mass is 10.2. The lowest BCUT2D eigenvalue weighted by Crippen LogP contribution is -1.99. The molecule has 0 aliphatic carbocycles. The van der Waals surface area contributed by atoms with Crippen molar-refractivity contribution in [2.75, 3.05) is 11.6 Å². The van der Waals surface area contributed by atoms with E-state index in [0.717, 1.165) is 16.2 Å². The molecule has 88 valence electrons. The number of aryl methyl sites for hydroxylation is 1. The third-order valence-electron chi connectivity index (χ3n) is 2.16. The van der Waals surface area contributed by atoms with E-state index in [2.05, 4.69) is 6.92 Å². The van der Waals surface area contributed by atoms with Crippen LogP contribution in [0.3, 0.4) is 0 Å². The summed E-state index contributed by atoms with van der Waals surface area (Å²) in [5.41, 5.74) is 1.09. The number of benzene rings is 1. The molecule has 0 radical (unpaired) electrons. The number of thioether (sulfide) groups is 1. The molecule has 1 unspecified atom stereocenters. The highest BCUT2D eigenvalue weighted by molar-refractivity contribution is 7.99. The summed E-state index contributed by atoms with van der Waals surface area (Å²) >= 11 is 7.42. The molecule has 1 aromatic rings. The van der Waals surface area contributed by atoms with E-state index in [9.17, 15) is 10.1 Å². The Bertz CT molecular complexity index is 384. The monoisotopic (exact) mass is 259 g/mol. The average Bonchev–Trinajstić information content (AvgIpc) is 2.26. The molecule has 0 saturated heterocycles. The zero-order valence-corrected chi connectivity index (χ0v) is 10.8. The first-order valence-electron chi connectivity index (χ1n) is 4.98. The Morgan fingerprint density at radius 1 is 1.56 bits per heavy atom. The van der Waals surface area contributed by atoms with Gasteiger partial charge in [0.25, 0.3) is 5.69 Å². The van der Waals surface area contributed by atoms with Crippen molar-refractivity contribution in [1.82, 2.24) is 0 Å². The molecule has 0 aromatic heterocycles. The maximum Gasteiger partial charge on any atom is 0.269 e. The molecular weight excluding hydrogens is 246 g/mol. The van der Waals surface area contributed by atoms with Crippen molar-refractivity contribution in [3.05, 3.63) is 33.9 Å². The highest BCUT2D eigenvalue weighted by Crippen LogP contribution is 2.27. The average molecular weight is 260 g/mol. The Morgan fingerprint density at radius 2 is 2.25 bits per heavy atom. The van der Waals surface area contributed by atoms with Gasteiger partial charge in [-0.15, -0.1) is 23.4 Å². The predicted octanol–water partition coefficient (Wildman–Crippen LogP) is 3.87. The second kappa shape index (κ2) is 6.11. The SMILES string of the molecule is Cc1cc([N+](=O)[O-])ccc1SCC(C)CCl. The molecule has 1 aromatic carbocycles. The first kappa shape index (κ1) is 13.3. The number of nitrogens with zero attached hydrogens (tertiary/aromatic N) is 1. The fourth-order valence-corrected chi connectivity index (χ4v) is 2.46. The van der Waals surface area contributed by atoms with Crippen molar-refractivity contribution in [3.8, 4) is 0 Å². The smallest absolute Gasteiger partial charge is 0.258 e. The fourth-order valence-electron chi connectivity index (χ4n) is 1.19. The van der Waals surface area contributed by atoms with Crippen LogP contribution in [0.25, 0.3) is 0 Å². The highest BCUT2D eigenvalue weighted by atomic mass is 35.5. The molecule has 0 spiro atoms. The van der Waals surface area contributed by atoms with Crippen LogP contribution in [0.1, 0.15) is 12.5 Å². The number of hydrogen-bond donors (Lipinski definition) is 0. The number of hydrogen-bond acceptors (Lipinski definition) is 3. The van der Waals surface area contributed by atoms with Crippen LogP contribution in [0.5, 0.6) is 0 Å². The molecule has 0 fully saturated rings. The van der Waals surface area contributed by atoms with Gasteiger partial charge in [-0.3, -0.25) is 10.1 Å². The van der Waals surface area contributed by atoms with Crippen molar-refractivity contribution >= 4 is 29.1 Å². The van der Waals surface area contributed by atoms with Crippen LogP contribution in [0.2, 0.25) is 0 Å². The highest BCUT2D eigenvalue weighted by Gasteiger charge is 2.09. The summed E-state index contributed by atoms with van der Waals surface area (Å²) in [7, 11) is 0. The second-order valence-corrected chi connectivity index (χ2v) is 5.15. The molecule has 1 rings (SSSR count). The third-order valence-corrected chi connectivity index (χ3v) is 4.19. The number of alkyl halides is 1. The molecule has 1 atom stereocenters. The molecule has 0 bridgehead atoms. The minimum absolute atomic E-state index is 0.146. The Hall–Kier alpha value is -0.740. The zero-order chi connectivity index (χ0) is 12.1. The second-order valence-electron chi connectivity index (χ2n) is 3.78. The first-order valence-corrected chi connectivity index (χ1v) is 6.50. The van der Waals surface area contributed by atoms with E-state index in [4.69, 9.17) is 11.6 Å². The summed E-state index contributed by atoms with van der Waals surface area (Å²) in [4.78, 5) is 11.3. The molecule has 0 aliphatic heterocycles. The summed E-state index contributed by atoms with van der Waals surface area (Å²) in [6.45, 7) is 3.97. The van der Waals surface area contributed by atoms with Crippen LogP contribution in [0.4, 0.5) is 5.69 Å². The fraction of sp³-hybridized carbons (Fsp3) is 0.455. The van der Waals surface area contributed by atoms with Crippen molar-refractivity contribution in [3.63, 3.8) is 0 Å². The Morgan fingerprint density at radius 3 is 2.75 bits per heavy atom. The Kier molecular flexibility index (Phi) is 5.09. The molecule has 0 heterocycles. The topological polar surface area (TPSA) is 43.1 Å². The van der Waals surface area contributed by atoms with Gasteiger partial charge < -0.3 is 0 Å². The minimum atomic E-state index is -0.372. The van der Waals surface area contributed by atoms with E-state index >= 15 is 0 Å². The van der Waals surface area contributed by atoms with Gasteiger partial charge >= 0.3 is 0 Å². The standard InChI is InChI=1S/C11H14ClNO2S/c1-8(6-12)7-16-11-4-3-10(13(14)15)5-9(11)2/h3-5,8H,6-7H2,1-2H3. The van der Waals surface area contributed by atoms with Gasteiger partial charge in [-0.2, -0.15) is 0 Å². The molecule has 5 heteroatoms. The van der Waals surface area contributed by atoms with Crippen LogP contribution < -0.4 is 0 Å². The van der Waals surface area contributed by atoms with Crippen LogP contribution in [-0.4, -0.2) is 16.6 Å². The van der Waals surface area contributed by atoms with Gasteiger partial charge in [0, 0.05) is 28.7 Å². The largest absolute Gasteiger partial charge is 0.269 e. The van der Waals surface area contributed by atoms with E-state index in [1.807, 2.05) is 6.92 Å². The maximum atomic E-state index is 10.6. The normalized spacial score (nSPS) is 12.4. The van der Waals surface area contributed by atoms with Gasteiger partial charge in [-0.05, 0) is 24.5 Å². The number of non-ortho nitro benzene ring substituents is 1. The van der Waals surface area contributed by atoms with E-state index in [-0.39, 0.29) is 10.6 Å². The van der Waals surface area contributed by atoms with E-state index in [1.165, 1.54) is 0 Å². The van der Waals surface area contributed by atoms with Gasteiger partial charge in [-0.25, -0.2) is 0 Å². The summed E-state index contributed by atoms with van der Waals surface area (Å²) in [6.07, 6.45) is 0. The van der Waals surface area contributed by atoms with Crippen molar-refractivity contribution in [2.24, 2.45) is 5.92 Å². The molecular formula is C11H14ClNO2S. The predicted molar refractivity (Wildman–Crippen MR) is 68.4 cm³/mol. The molecule has 0 saturated carbocycles. The summed E-state index contributed by atoms with van der Waals surface area (Å²) in [5, 5.41) is 10.6. The van der Waals surface area contributed by atoms with Crippen LogP contribution in [-0.2, 0) is 0 Å². The van der Waals surface area contributed by atoms with Gasteiger partial charge in [-0.1, -0.05) is 6.92 Å². The van der Waals surface area contributed by atoms with Gasteiger partial charge in [0.2, 0.25) is 0 Å². The van der Waals surface area contributed by atoms with E-state index in [0.29, 0.717) is 11.8 Å². The van der Waals surface area contributed by atoms with Crippen molar-refractivity contribution in [2.45, 2.75) is 18.7 Å². The quantitative estimate of drug-likeness (QED) is 0.349. The zero-order valence-electron chi connectivity index (χ0n) is 9.27. The molecule has 3 nitrogen and oxygen atoms in total. The summed E-state index contributed by atoms with van der Waals surface area (Å²) < 4.78 is 0. The van der Waals surface area contributed by atoms with E-state index in [1.54, 1.807) is 30.0 Å². The Labute approximate surface area is 104 Å². The number of nitro benzene ring substituents is 1. The third kappa shape index (κ3) is 3.68. The van der Waals surface area contributed by atoms with Crippen LogP contribution >= 0.6 is 23.4 Å². The lowest BCUT2D eigenvalue weighted by molar-refractivity contribution is -0.385. The number of rotatable bonds is 5. The van der Waals surface area contributed by atoms with Crippen LogP contribution in [0.15, 0.2) is 23.1 Å². The van der Waals surface area contributed by atoms with Gasteiger partial charge in [0.1, 0.15) is 0 Å². The number of halogens is 1. The molecule has 0 N–H and O–H groups in total. The van der Waals surface area contributed by atoms with Crippen molar-refractivity contribution < 1.29 is 4.92 Å². The van der Waals surface area contributed by atoms with E-state index < -0.39 is 0 Å². The number of nitro groups is 1. The summed E-state index contributed by atoms with van der Waals surface area (Å²) in [5.74, 6) is 2.02. The lowest BCUT2D eigenvalue weighted by Gasteiger charge is -2.08. The summed E-state index contributed by atoms with van der Waals surface area (Å²) in [6, 6.07) is 4.95. The maximum absolute atomic E-state index is 10.6. The van der Waals surface area contributed by atoms with Gasteiger partial charge in [0.15, 0.2) is 0 Å².